The lowest BCUT2D eigenvalue weighted by Crippen LogP contribution is -2.61. The van der Waals surface area contributed by atoms with E-state index in [0.717, 1.165) is 0 Å². The summed E-state index contributed by atoms with van der Waals surface area (Å²) in [4.78, 5) is 10.8. The third-order valence-electron chi connectivity index (χ3n) is 5.01. The molecule has 2 fully saturated rings. The lowest BCUT2D eigenvalue weighted by atomic mass is 9.57. The highest BCUT2D eigenvalue weighted by Gasteiger charge is 2.61. The first-order valence-corrected chi connectivity index (χ1v) is 6.91. The van der Waals surface area contributed by atoms with Gasteiger partial charge in [-0.05, 0) is 18.3 Å². The summed E-state index contributed by atoms with van der Waals surface area (Å²) in [6.45, 7) is 6.97. The first-order valence-electron chi connectivity index (χ1n) is 6.91. The Kier molecular flexibility index (Phi) is 3.66. The maximum Gasteiger partial charge on any atom is 0.303 e. The van der Waals surface area contributed by atoms with Crippen LogP contribution >= 0.6 is 0 Å². The van der Waals surface area contributed by atoms with Gasteiger partial charge in [0.25, 0.3) is 0 Å². The molecule has 0 aromatic rings. The van der Waals surface area contributed by atoms with Gasteiger partial charge in [0, 0.05) is 18.3 Å². The fourth-order valence-electron chi connectivity index (χ4n) is 3.61. The van der Waals surface area contributed by atoms with E-state index in [1.807, 2.05) is 20.8 Å². The fourth-order valence-corrected chi connectivity index (χ4v) is 3.61. The summed E-state index contributed by atoms with van der Waals surface area (Å²) in [5, 5.41) is 19.6. The number of aliphatic hydroxyl groups is 1. The summed E-state index contributed by atoms with van der Waals surface area (Å²) >= 11 is 0. The third-order valence-corrected chi connectivity index (χ3v) is 5.01. The quantitative estimate of drug-likeness (QED) is 0.819. The highest BCUT2D eigenvalue weighted by atomic mass is 16.7. The minimum atomic E-state index is -0.820. The highest BCUT2D eigenvalue weighted by molar-refractivity contribution is 5.66. The van der Waals surface area contributed by atoms with E-state index < -0.39 is 28.7 Å². The molecular formula is C14H24O5. The van der Waals surface area contributed by atoms with Crippen LogP contribution < -0.4 is 0 Å². The van der Waals surface area contributed by atoms with Crippen LogP contribution in [0.25, 0.3) is 0 Å². The molecule has 2 atom stereocenters. The normalized spacial score (nSPS) is 36.5. The monoisotopic (exact) mass is 272 g/mol. The first-order chi connectivity index (χ1) is 8.74. The smallest absolute Gasteiger partial charge is 0.303 e. The molecule has 2 aliphatic rings. The summed E-state index contributed by atoms with van der Waals surface area (Å²) < 4.78 is 11.6. The Labute approximate surface area is 113 Å². The molecule has 0 radical (unpaired) electrons. The highest BCUT2D eigenvalue weighted by Crippen LogP contribution is 2.56. The van der Waals surface area contributed by atoms with Gasteiger partial charge in [-0.1, -0.05) is 20.8 Å². The average molecular weight is 272 g/mol. The molecule has 0 amide bonds. The molecule has 2 rings (SSSR count). The summed E-state index contributed by atoms with van der Waals surface area (Å²) in [5.41, 5.74) is -0.947. The molecule has 19 heavy (non-hydrogen) atoms. The maximum atomic E-state index is 10.8. The van der Waals surface area contributed by atoms with Gasteiger partial charge in [-0.2, -0.15) is 0 Å². The maximum absolute atomic E-state index is 10.8. The molecule has 1 saturated heterocycles. The van der Waals surface area contributed by atoms with Crippen LogP contribution in [-0.4, -0.2) is 41.3 Å². The van der Waals surface area contributed by atoms with Crippen LogP contribution in [0.15, 0.2) is 0 Å². The minimum Gasteiger partial charge on any atom is -0.481 e. The van der Waals surface area contributed by atoms with Gasteiger partial charge in [0.1, 0.15) is 0 Å². The van der Waals surface area contributed by atoms with Crippen LogP contribution in [0.4, 0.5) is 0 Å². The van der Waals surface area contributed by atoms with Gasteiger partial charge < -0.3 is 19.7 Å². The van der Waals surface area contributed by atoms with Crippen LogP contribution in [0, 0.1) is 10.8 Å². The number of carboxylic acid groups (broad SMARTS) is 1. The topological polar surface area (TPSA) is 76.0 Å². The molecule has 0 aromatic heterocycles. The van der Waals surface area contributed by atoms with E-state index in [-0.39, 0.29) is 6.42 Å². The molecule has 5 heteroatoms. The zero-order valence-electron chi connectivity index (χ0n) is 11.9. The summed E-state index contributed by atoms with van der Waals surface area (Å²) in [6.07, 6.45) is 1.32. The van der Waals surface area contributed by atoms with Gasteiger partial charge >= 0.3 is 5.97 Å². The largest absolute Gasteiger partial charge is 0.481 e. The lowest BCUT2D eigenvalue weighted by molar-refractivity contribution is -0.297. The predicted octanol–water partition coefficient (Wildman–Crippen LogP) is 1.78. The van der Waals surface area contributed by atoms with Gasteiger partial charge in [0.2, 0.25) is 0 Å². The second kappa shape index (κ2) is 4.72. The van der Waals surface area contributed by atoms with Gasteiger partial charge in [-0.3, -0.25) is 4.79 Å². The number of rotatable bonds is 3. The number of hydrogen-bond donors (Lipinski definition) is 2. The van der Waals surface area contributed by atoms with Crippen molar-refractivity contribution in [1.82, 2.24) is 0 Å². The second-order valence-electron chi connectivity index (χ2n) is 6.62. The molecule has 1 heterocycles. The molecule has 1 spiro atoms. The Morgan fingerprint density at radius 2 is 1.79 bits per heavy atom. The van der Waals surface area contributed by atoms with Crippen molar-refractivity contribution in [2.45, 2.75) is 58.3 Å². The molecule has 0 bridgehead atoms. The molecule has 2 unspecified atom stereocenters. The summed E-state index contributed by atoms with van der Waals surface area (Å²) in [6, 6.07) is 0. The van der Waals surface area contributed by atoms with Gasteiger partial charge in [-0.25, -0.2) is 0 Å². The number of ether oxygens (including phenoxy) is 2. The zero-order valence-corrected chi connectivity index (χ0v) is 11.9. The van der Waals surface area contributed by atoms with Gasteiger partial charge in [0.05, 0.1) is 19.3 Å². The van der Waals surface area contributed by atoms with Crippen molar-refractivity contribution in [2.24, 2.45) is 10.8 Å². The molecule has 5 nitrogen and oxygen atoms in total. The molecule has 1 saturated carbocycles. The van der Waals surface area contributed by atoms with Crippen LogP contribution in [0.2, 0.25) is 0 Å². The Balaban J connectivity index is 2.18. The Hall–Kier alpha value is -0.650. The van der Waals surface area contributed by atoms with Crippen molar-refractivity contribution < 1.29 is 24.5 Å². The zero-order chi connectivity index (χ0) is 14.3. The van der Waals surface area contributed by atoms with Gasteiger partial charge in [0.15, 0.2) is 5.79 Å². The van der Waals surface area contributed by atoms with Crippen molar-refractivity contribution >= 4 is 5.97 Å². The lowest BCUT2D eigenvalue weighted by Gasteiger charge is -2.55. The van der Waals surface area contributed by atoms with Gasteiger partial charge in [-0.15, -0.1) is 0 Å². The molecule has 0 aromatic carbocycles. The molecule has 110 valence electrons. The van der Waals surface area contributed by atoms with Crippen LogP contribution in [-0.2, 0) is 14.3 Å². The number of aliphatic hydroxyl groups excluding tert-OH is 1. The first kappa shape index (κ1) is 14.8. The Bertz CT molecular complexity index is 359. The number of hydrogen-bond acceptors (Lipinski definition) is 4. The second-order valence-corrected chi connectivity index (χ2v) is 6.62. The molecular weight excluding hydrogens is 248 g/mol. The molecule has 1 aliphatic carbocycles. The molecule has 2 N–H and O–H groups in total. The van der Waals surface area contributed by atoms with Crippen LogP contribution in [0.1, 0.15) is 46.5 Å². The van der Waals surface area contributed by atoms with E-state index in [0.29, 0.717) is 32.5 Å². The van der Waals surface area contributed by atoms with E-state index in [1.54, 1.807) is 0 Å². The third kappa shape index (κ3) is 2.28. The predicted molar refractivity (Wildman–Crippen MR) is 68.6 cm³/mol. The van der Waals surface area contributed by atoms with Crippen molar-refractivity contribution in [1.29, 1.82) is 0 Å². The Morgan fingerprint density at radius 3 is 2.32 bits per heavy atom. The van der Waals surface area contributed by atoms with Crippen molar-refractivity contribution in [3.05, 3.63) is 0 Å². The Morgan fingerprint density at radius 1 is 1.21 bits per heavy atom. The van der Waals surface area contributed by atoms with Crippen molar-refractivity contribution in [3.8, 4) is 0 Å². The summed E-state index contributed by atoms with van der Waals surface area (Å²) in [7, 11) is 0. The number of carboxylic acids is 1. The number of carbonyl (C=O) groups is 1. The van der Waals surface area contributed by atoms with Crippen LogP contribution in [0.3, 0.4) is 0 Å². The minimum absolute atomic E-state index is 0.0817. The van der Waals surface area contributed by atoms with E-state index in [9.17, 15) is 9.90 Å². The number of aliphatic carboxylic acids is 1. The van der Waals surface area contributed by atoms with Crippen molar-refractivity contribution in [3.63, 3.8) is 0 Å². The molecule has 1 aliphatic heterocycles. The van der Waals surface area contributed by atoms with Crippen LogP contribution in [0.5, 0.6) is 0 Å². The van der Waals surface area contributed by atoms with E-state index >= 15 is 0 Å². The average Bonchev–Trinajstić information content (AvgIpc) is 2.82. The van der Waals surface area contributed by atoms with E-state index in [4.69, 9.17) is 14.6 Å². The fraction of sp³-hybridized carbons (Fsp3) is 0.929. The van der Waals surface area contributed by atoms with Crippen molar-refractivity contribution in [2.75, 3.05) is 13.2 Å². The van der Waals surface area contributed by atoms with E-state index in [2.05, 4.69) is 0 Å². The van der Waals surface area contributed by atoms with E-state index in [1.165, 1.54) is 0 Å². The summed E-state index contributed by atoms with van der Waals surface area (Å²) in [5.74, 6) is -1.53. The standard InChI is InChI=1S/C14H24O5/c1-12(2)11(17)13(3,5-4-10(15)16)6-7-14(12)18-8-9-19-14/h11,17H,4-9H2,1-3H3,(H,15,16). The SMILES string of the molecule is CC1(CCC(=O)O)CCC2(OCCO2)C(C)(C)C1O.